The smallest absolute Gasteiger partial charge is 0.276 e. The quantitative estimate of drug-likeness (QED) is 0.912. The first-order valence-electron chi connectivity index (χ1n) is 6.68. The predicted molar refractivity (Wildman–Crippen MR) is 81.0 cm³/mol. The van der Waals surface area contributed by atoms with Gasteiger partial charge in [0.1, 0.15) is 11.5 Å². The molecular formula is C14H16N4O2S. The Morgan fingerprint density at radius 1 is 1.43 bits per heavy atom. The van der Waals surface area contributed by atoms with Crippen LogP contribution in [0.5, 0.6) is 0 Å². The maximum atomic E-state index is 12.7. The van der Waals surface area contributed by atoms with E-state index in [1.807, 2.05) is 19.1 Å². The van der Waals surface area contributed by atoms with Crippen molar-refractivity contribution in [2.24, 2.45) is 0 Å². The summed E-state index contributed by atoms with van der Waals surface area (Å²) in [6, 6.07) is 3.74. The third-order valence-electron chi connectivity index (χ3n) is 3.41. The van der Waals surface area contributed by atoms with Gasteiger partial charge in [-0.25, -0.2) is 9.97 Å². The van der Waals surface area contributed by atoms with E-state index in [0.29, 0.717) is 6.54 Å². The van der Waals surface area contributed by atoms with E-state index >= 15 is 0 Å². The van der Waals surface area contributed by atoms with E-state index in [9.17, 15) is 4.79 Å². The molecule has 2 N–H and O–H groups in total. The number of nitrogen functional groups attached to an aromatic ring is 1. The molecule has 0 aliphatic carbocycles. The summed E-state index contributed by atoms with van der Waals surface area (Å²) in [5.74, 6) is 3.30. The second kappa shape index (κ2) is 5.77. The number of rotatable bonds is 2. The molecule has 6 nitrogen and oxygen atoms in total. The maximum Gasteiger partial charge on any atom is 0.276 e. The lowest BCUT2D eigenvalue weighted by Gasteiger charge is -2.34. The van der Waals surface area contributed by atoms with Crippen LogP contribution in [0.3, 0.4) is 0 Å². The Morgan fingerprint density at radius 2 is 2.24 bits per heavy atom. The molecule has 0 bridgehead atoms. The molecule has 2 aromatic rings. The topological polar surface area (TPSA) is 85.2 Å². The molecule has 0 radical (unpaired) electrons. The van der Waals surface area contributed by atoms with E-state index in [2.05, 4.69) is 9.97 Å². The molecular weight excluding hydrogens is 288 g/mol. The number of thioether (sulfide) groups is 1. The number of aryl methyl sites for hydroxylation is 1. The van der Waals surface area contributed by atoms with Crippen molar-refractivity contribution in [1.82, 2.24) is 14.9 Å². The number of nitrogens with zero attached hydrogens (tertiary/aromatic N) is 3. The Morgan fingerprint density at radius 3 is 2.95 bits per heavy atom. The molecule has 0 saturated carbocycles. The van der Waals surface area contributed by atoms with Gasteiger partial charge in [0.05, 0.1) is 6.04 Å². The van der Waals surface area contributed by atoms with E-state index in [1.165, 1.54) is 12.4 Å². The van der Waals surface area contributed by atoms with Crippen molar-refractivity contribution < 1.29 is 9.21 Å². The standard InChI is InChI=1S/C14H16N4O2S/c1-9-2-3-11(20-9)10-8-21-7-6-18(10)14(19)12-13(15)17-5-4-16-12/h2-5,10H,6-8H2,1H3,(H2,15,17)/t10-/m1/s1. The van der Waals surface area contributed by atoms with Gasteiger partial charge >= 0.3 is 0 Å². The minimum atomic E-state index is -0.194. The normalized spacial score (nSPS) is 18.7. The van der Waals surface area contributed by atoms with Crippen molar-refractivity contribution in [1.29, 1.82) is 0 Å². The lowest BCUT2D eigenvalue weighted by Crippen LogP contribution is -2.41. The van der Waals surface area contributed by atoms with Crippen LogP contribution in [0.15, 0.2) is 28.9 Å². The van der Waals surface area contributed by atoms with E-state index in [4.69, 9.17) is 10.2 Å². The molecule has 1 aliphatic heterocycles. The third-order valence-corrected chi connectivity index (χ3v) is 4.43. The van der Waals surface area contributed by atoms with Gasteiger partial charge in [0.25, 0.3) is 5.91 Å². The fourth-order valence-electron chi connectivity index (χ4n) is 2.36. The van der Waals surface area contributed by atoms with Crippen LogP contribution in [0.25, 0.3) is 0 Å². The van der Waals surface area contributed by atoms with Gasteiger partial charge in [-0.15, -0.1) is 0 Å². The van der Waals surface area contributed by atoms with Gasteiger partial charge in [-0.05, 0) is 19.1 Å². The summed E-state index contributed by atoms with van der Waals surface area (Å²) < 4.78 is 5.69. The molecule has 7 heteroatoms. The van der Waals surface area contributed by atoms with Crippen LogP contribution in [0.2, 0.25) is 0 Å². The highest BCUT2D eigenvalue weighted by Gasteiger charge is 2.32. The van der Waals surface area contributed by atoms with Crippen LogP contribution >= 0.6 is 11.8 Å². The highest BCUT2D eigenvalue weighted by atomic mass is 32.2. The first-order valence-corrected chi connectivity index (χ1v) is 7.84. The lowest BCUT2D eigenvalue weighted by molar-refractivity contribution is 0.0676. The number of hydrogen-bond acceptors (Lipinski definition) is 6. The molecule has 21 heavy (non-hydrogen) atoms. The van der Waals surface area contributed by atoms with E-state index < -0.39 is 0 Å². The molecule has 1 fully saturated rings. The Bertz CT molecular complexity index is 658. The van der Waals surface area contributed by atoms with Crippen molar-refractivity contribution in [3.8, 4) is 0 Å². The fourth-order valence-corrected chi connectivity index (χ4v) is 3.42. The number of nitrogens with two attached hydrogens (primary N) is 1. The Hall–Kier alpha value is -2.02. The Labute approximate surface area is 126 Å². The van der Waals surface area contributed by atoms with Crippen molar-refractivity contribution in [2.45, 2.75) is 13.0 Å². The van der Waals surface area contributed by atoms with Crippen LogP contribution in [0.4, 0.5) is 5.82 Å². The second-order valence-electron chi connectivity index (χ2n) is 4.83. The van der Waals surface area contributed by atoms with Crippen molar-refractivity contribution in [3.63, 3.8) is 0 Å². The Balaban J connectivity index is 1.91. The van der Waals surface area contributed by atoms with Crippen molar-refractivity contribution in [2.75, 3.05) is 23.8 Å². The minimum Gasteiger partial charge on any atom is -0.464 e. The van der Waals surface area contributed by atoms with Gasteiger partial charge in [0.15, 0.2) is 11.5 Å². The van der Waals surface area contributed by atoms with Gasteiger partial charge in [-0.3, -0.25) is 4.79 Å². The highest BCUT2D eigenvalue weighted by molar-refractivity contribution is 7.99. The summed E-state index contributed by atoms with van der Waals surface area (Å²) in [5, 5.41) is 0. The van der Waals surface area contributed by atoms with E-state index in [0.717, 1.165) is 23.0 Å². The van der Waals surface area contributed by atoms with Crippen LogP contribution in [0.1, 0.15) is 28.1 Å². The second-order valence-corrected chi connectivity index (χ2v) is 5.98. The number of carbonyl (C=O) groups is 1. The minimum absolute atomic E-state index is 0.0913. The number of furan rings is 1. The molecule has 1 amide bonds. The molecule has 1 aliphatic rings. The fraction of sp³-hybridized carbons (Fsp3) is 0.357. The zero-order chi connectivity index (χ0) is 14.8. The molecule has 0 unspecified atom stereocenters. The van der Waals surface area contributed by atoms with Crippen molar-refractivity contribution >= 4 is 23.5 Å². The zero-order valence-corrected chi connectivity index (χ0v) is 12.5. The van der Waals surface area contributed by atoms with Crippen LogP contribution in [0, 0.1) is 6.92 Å². The molecule has 3 rings (SSSR count). The first-order chi connectivity index (χ1) is 10.2. The summed E-state index contributed by atoms with van der Waals surface area (Å²) in [6.45, 7) is 2.54. The Kier molecular flexibility index (Phi) is 3.83. The molecule has 1 saturated heterocycles. The summed E-state index contributed by atoms with van der Waals surface area (Å²) >= 11 is 1.81. The SMILES string of the molecule is Cc1ccc([C@H]2CSCCN2C(=O)c2nccnc2N)o1. The maximum absolute atomic E-state index is 12.7. The van der Waals surface area contributed by atoms with Gasteiger partial charge in [-0.2, -0.15) is 11.8 Å². The highest BCUT2D eigenvalue weighted by Crippen LogP contribution is 2.32. The molecule has 110 valence electrons. The number of amides is 1. The van der Waals surface area contributed by atoms with Crippen molar-refractivity contribution in [3.05, 3.63) is 41.7 Å². The molecule has 0 spiro atoms. The van der Waals surface area contributed by atoms with Gasteiger partial charge < -0.3 is 15.1 Å². The molecule has 2 aromatic heterocycles. The van der Waals surface area contributed by atoms with E-state index in [-0.39, 0.29) is 23.5 Å². The first kappa shape index (κ1) is 13.9. The molecule has 0 aromatic carbocycles. The van der Waals surface area contributed by atoms with Gasteiger partial charge in [0.2, 0.25) is 0 Å². The third kappa shape index (κ3) is 2.73. The largest absolute Gasteiger partial charge is 0.464 e. The average molecular weight is 304 g/mol. The summed E-state index contributed by atoms with van der Waals surface area (Å²) in [6.07, 6.45) is 2.96. The van der Waals surface area contributed by atoms with Gasteiger partial charge in [-0.1, -0.05) is 0 Å². The van der Waals surface area contributed by atoms with E-state index in [1.54, 1.807) is 16.7 Å². The van der Waals surface area contributed by atoms with Crippen LogP contribution in [-0.4, -0.2) is 38.8 Å². The summed E-state index contributed by atoms with van der Waals surface area (Å²) in [7, 11) is 0. The summed E-state index contributed by atoms with van der Waals surface area (Å²) in [4.78, 5) is 22.5. The number of hydrogen-bond donors (Lipinski definition) is 1. The molecule has 1 atom stereocenters. The zero-order valence-electron chi connectivity index (χ0n) is 11.7. The molecule has 3 heterocycles. The average Bonchev–Trinajstić information content (AvgIpc) is 2.93. The lowest BCUT2D eigenvalue weighted by atomic mass is 10.2. The van der Waals surface area contributed by atoms with Crippen LogP contribution in [-0.2, 0) is 0 Å². The number of aromatic nitrogens is 2. The summed E-state index contributed by atoms with van der Waals surface area (Å²) in [5.41, 5.74) is 5.97. The number of anilines is 1. The number of carbonyl (C=O) groups excluding carboxylic acids is 1. The predicted octanol–water partition coefficient (Wildman–Crippen LogP) is 1.89. The van der Waals surface area contributed by atoms with Gasteiger partial charge in [0, 0.05) is 30.4 Å². The van der Waals surface area contributed by atoms with Crippen LogP contribution < -0.4 is 5.73 Å². The monoisotopic (exact) mass is 304 g/mol.